The van der Waals surface area contributed by atoms with Crippen molar-refractivity contribution in [2.24, 2.45) is 0 Å². The van der Waals surface area contributed by atoms with Gasteiger partial charge in [0.15, 0.2) is 0 Å². The third-order valence-corrected chi connectivity index (χ3v) is 3.71. The third-order valence-electron chi connectivity index (χ3n) is 2.74. The summed E-state index contributed by atoms with van der Waals surface area (Å²) in [4.78, 5) is 19.6. The van der Waals surface area contributed by atoms with Gasteiger partial charge in [-0.1, -0.05) is 11.8 Å². The van der Waals surface area contributed by atoms with Gasteiger partial charge in [0.1, 0.15) is 6.10 Å². The maximum absolute atomic E-state index is 10.9. The van der Waals surface area contributed by atoms with E-state index < -0.39 is 0 Å². The van der Waals surface area contributed by atoms with Crippen molar-refractivity contribution in [2.45, 2.75) is 25.1 Å². The highest BCUT2D eigenvalue weighted by Crippen LogP contribution is 2.18. The van der Waals surface area contributed by atoms with E-state index in [4.69, 9.17) is 4.74 Å². The second kappa shape index (κ2) is 4.69. The summed E-state index contributed by atoms with van der Waals surface area (Å²) in [6.45, 7) is 4.43. The zero-order valence-electron chi connectivity index (χ0n) is 10.6. The number of carbonyl (C=O) groups is 1. The number of hydrogen-bond donors (Lipinski definition) is 1. The summed E-state index contributed by atoms with van der Waals surface area (Å²) in [5.41, 5.74) is 1.92. The standard InChI is InChI=1S/C11H13N5O2S/c1-6-3-7(2)16-9(13-6)14-10(15-16)19-5-8-4-12-11(17)18-8/h3,8H,4-5H2,1-2H3,(H,12,17). The quantitative estimate of drug-likeness (QED) is 0.842. The number of amides is 1. The molecule has 1 aliphatic rings. The molecule has 19 heavy (non-hydrogen) atoms. The number of carbonyl (C=O) groups excluding carboxylic acids is 1. The van der Waals surface area contributed by atoms with Gasteiger partial charge in [-0.15, -0.1) is 5.10 Å². The van der Waals surface area contributed by atoms with Gasteiger partial charge in [0.2, 0.25) is 5.16 Å². The molecule has 1 N–H and O–H groups in total. The van der Waals surface area contributed by atoms with Gasteiger partial charge >= 0.3 is 6.09 Å². The van der Waals surface area contributed by atoms with Crippen molar-refractivity contribution in [2.75, 3.05) is 12.3 Å². The maximum Gasteiger partial charge on any atom is 0.407 e. The van der Waals surface area contributed by atoms with Crippen LogP contribution in [-0.4, -0.2) is 44.1 Å². The summed E-state index contributed by atoms with van der Waals surface area (Å²) >= 11 is 1.46. The molecule has 0 saturated carbocycles. The molecular formula is C11H13N5O2S. The number of hydrogen-bond acceptors (Lipinski definition) is 6. The Hall–Kier alpha value is -1.83. The first-order valence-electron chi connectivity index (χ1n) is 5.90. The second-order valence-electron chi connectivity index (χ2n) is 4.36. The molecule has 1 amide bonds. The van der Waals surface area contributed by atoms with Crippen molar-refractivity contribution in [3.63, 3.8) is 0 Å². The summed E-state index contributed by atoms with van der Waals surface area (Å²) in [6, 6.07) is 1.96. The van der Waals surface area contributed by atoms with E-state index >= 15 is 0 Å². The molecule has 2 aromatic rings. The lowest BCUT2D eigenvalue weighted by Crippen LogP contribution is -2.16. The fourth-order valence-corrected chi connectivity index (χ4v) is 2.71. The Morgan fingerprint density at radius 3 is 3.11 bits per heavy atom. The van der Waals surface area contributed by atoms with Crippen LogP contribution in [-0.2, 0) is 4.74 Å². The lowest BCUT2D eigenvalue weighted by molar-refractivity contribution is 0.150. The number of alkyl carbamates (subject to hydrolysis) is 1. The van der Waals surface area contributed by atoms with E-state index in [1.54, 1.807) is 4.52 Å². The van der Waals surface area contributed by atoms with Gasteiger partial charge in [-0.25, -0.2) is 14.3 Å². The van der Waals surface area contributed by atoms with E-state index in [1.165, 1.54) is 11.8 Å². The minimum Gasteiger partial charge on any atom is -0.443 e. The SMILES string of the molecule is Cc1cc(C)n2nc(SCC3CNC(=O)O3)nc2n1. The van der Waals surface area contributed by atoms with E-state index in [2.05, 4.69) is 20.4 Å². The van der Waals surface area contributed by atoms with Gasteiger partial charge in [0.25, 0.3) is 5.78 Å². The minimum absolute atomic E-state index is 0.125. The number of nitrogens with one attached hydrogen (secondary N) is 1. The molecule has 7 nitrogen and oxygen atoms in total. The molecule has 1 saturated heterocycles. The Morgan fingerprint density at radius 1 is 1.53 bits per heavy atom. The van der Waals surface area contributed by atoms with Gasteiger partial charge < -0.3 is 10.1 Å². The molecule has 0 spiro atoms. The number of aromatic nitrogens is 4. The minimum atomic E-state index is -0.360. The molecular weight excluding hydrogens is 266 g/mol. The summed E-state index contributed by atoms with van der Waals surface area (Å²) in [6.07, 6.45) is -0.485. The van der Waals surface area contributed by atoms with Crippen LogP contribution in [0.1, 0.15) is 11.4 Å². The van der Waals surface area contributed by atoms with Crippen molar-refractivity contribution in [1.29, 1.82) is 0 Å². The number of ether oxygens (including phenoxy) is 1. The number of nitrogens with zero attached hydrogens (tertiary/aromatic N) is 4. The number of rotatable bonds is 3. The predicted octanol–water partition coefficient (Wildman–Crippen LogP) is 0.942. The predicted molar refractivity (Wildman–Crippen MR) is 69.3 cm³/mol. The number of fused-ring (bicyclic) bond motifs is 1. The highest BCUT2D eigenvalue weighted by atomic mass is 32.2. The molecule has 8 heteroatoms. The van der Waals surface area contributed by atoms with E-state index in [0.717, 1.165) is 11.4 Å². The van der Waals surface area contributed by atoms with Crippen LogP contribution in [0.25, 0.3) is 5.78 Å². The first-order chi connectivity index (χ1) is 9.11. The topological polar surface area (TPSA) is 81.4 Å². The molecule has 0 aromatic carbocycles. The van der Waals surface area contributed by atoms with Crippen LogP contribution in [0.15, 0.2) is 11.2 Å². The van der Waals surface area contributed by atoms with E-state index in [0.29, 0.717) is 23.2 Å². The van der Waals surface area contributed by atoms with Gasteiger partial charge in [0.05, 0.1) is 6.54 Å². The van der Waals surface area contributed by atoms with Gasteiger partial charge in [-0.3, -0.25) is 0 Å². The van der Waals surface area contributed by atoms with E-state index in [9.17, 15) is 4.79 Å². The molecule has 3 rings (SSSR count). The number of cyclic esters (lactones) is 1. The summed E-state index contributed by atoms with van der Waals surface area (Å²) in [5, 5.41) is 7.64. The van der Waals surface area contributed by atoms with E-state index in [-0.39, 0.29) is 12.2 Å². The Labute approximate surface area is 113 Å². The lowest BCUT2D eigenvalue weighted by atomic mass is 10.4. The summed E-state index contributed by atoms with van der Waals surface area (Å²) < 4.78 is 6.77. The first kappa shape index (κ1) is 12.2. The van der Waals surface area contributed by atoms with E-state index in [1.807, 2.05) is 19.9 Å². The molecule has 0 bridgehead atoms. The highest BCUT2D eigenvalue weighted by molar-refractivity contribution is 7.99. The summed E-state index contributed by atoms with van der Waals surface area (Å²) in [7, 11) is 0. The van der Waals surface area contributed by atoms with Crippen LogP contribution in [0.4, 0.5) is 4.79 Å². The fourth-order valence-electron chi connectivity index (χ4n) is 1.90. The van der Waals surface area contributed by atoms with Gasteiger partial charge in [-0.2, -0.15) is 4.98 Å². The van der Waals surface area contributed by atoms with Crippen LogP contribution in [0.2, 0.25) is 0 Å². The second-order valence-corrected chi connectivity index (χ2v) is 5.35. The number of thioether (sulfide) groups is 1. The molecule has 1 aliphatic heterocycles. The van der Waals surface area contributed by atoms with Crippen LogP contribution in [0.3, 0.4) is 0 Å². The molecule has 1 unspecified atom stereocenters. The van der Waals surface area contributed by atoms with Crippen LogP contribution in [0, 0.1) is 13.8 Å². The van der Waals surface area contributed by atoms with Crippen molar-refractivity contribution < 1.29 is 9.53 Å². The molecule has 0 aliphatic carbocycles. The monoisotopic (exact) mass is 279 g/mol. The van der Waals surface area contributed by atoms with Crippen LogP contribution in [0.5, 0.6) is 0 Å². The largest absolute Gasteiger partial charge is 0.443 e. The van der Waals surface area contributed by atoms with Crippen LogP contribution >= 0.6 is 11.8 Å². The van der Waals surface area contributed by atoms with Crippen molar-refractivity contribution in [1.82, 2.24) is 24.9 Å². The average Bonchev–Trinajstić information content (AvgIpc) is 2.92. The Morgan fingerprint density at radius 2 is 2.37 bits per heavy atom. The van der Waals surface area contributed by atoms with Crippen molar-refractivity contribution in [3.8, 4) is 0 Å². The Balaban J connectivity index is 1.75. The normalized spacial score (nSPS) is 18.6. The molecule has 3 heterocycles. The van der Waals surface area contributed by atoms with Crippen LogP contribution < -0.4 is 5.32 Å². The van der Waals surface area contributed by atoms with Gasteiger partial charge in [0, 0.05) is 17.1 Å². The molecule has 1 atom stereocenters. The zero-order chi connectivity index (χ0) is 13.4. The van der Waals surface area contributed by atoms with Gasteiger partial charge in [-0.05, 0) is 19.9 Å². The number of aryl methyl sites for hydroxylation is 2. The molecule has 100 valence electrons. The third kappa shape index (κ3) is 2.48. The Bertz CT molecular complexity index is 641. The lowest BCUT2D eigenvalue weighted by Gasteiger charge is -2.03. The average molecular weight is 279 g/mol. The van der Waals surface area contributed by atoms with Crippen molar-refractivity contribution in [3.05, 3.63) is 17.5 Å². The van der Waals surface area contributed by atoms with Crippen molar-refractivity contribution >= 4 is 23.6 Å². The molecule has 2 aromatic heterocycles. The summed E-state index contributed by atoms with van der Waals surface area (Å²) in [5.74, 6) is 1.23. The zero-order valence-corrected chi connectivity index (χ0v) is 11.4. The smallest absolute Gasteiger partial charge is 0.407 e. The first-order valence-corrected chi connectivity index (χ1v) is 6.88. The molecule has 0 radical (unpaired) electrons. The molecule has 1 fully saturated rings. The maximum atomic E-state index is 10.9. The Kier molecular flexibility index (Phi) is 3.02. The highest BCUT2D eigenvalue weighted by Gasteiger charge is 2.23. The fraction of sp³-hybridized carbons (Fsp3) is 0.455.